The van der Waals surface area contributed by atoms with Crippen molar-refractivity contribution in [1.29, 1.82) is 0 Å². The van der Waals surface area contributed by atoms with Crippen molar-refractivity contribution in [2.75, 3.05) is 26.7 Å². The van der Waals surface area contributed by atoms with Gasteiger partial charge in [0, 0.05) is 38.8 Å². The number of rotatable bonds is 4. The predicted molar refractivity (Wildman–Crippen MR) is 103 cm³/mol. The van der Waals surface area contributed by atoms with Gasteiger partial charge in [-0.25, -0.2) is 0 Å². The Morgan fingerprint density at radius 1 is 1.00 bits per heavy atom. The molecule has 2 N–H and O–H groups in total. The molecule has 2 aliphatic carbocycles. The first-order valence-electron chi connectivity index (χ1n) is 10.4. The normalized spacial score (nSPS) is 27.3. The summed E-state index contributed by atoms with van der Waals surface area (Å²) < 4.78 is 0. The lowest BCUT2D eigenvalue weighted by Gasteiger charge is -2.39. The maximum Gasteiger partial charge on any atom is 0.191 e. The largest absolute Gasteiger partial charge is 0.356 e. The molecule has 138 valence electrons. The lowest BCUT2D eigenvalue weighted by Crippen LogP contribution is -2.51. The topological polar surface area (TPSA) is 39.7 Å². The fraction of sp³-hybridized carbons (Fsp3) is 0.950. The summed E-state index contributed by atoms with van der Waals surface area (Å²) in [5.41, 5.74) is 0.474. The molecule has 0 spiro atoms. The van der Waals surface area contributed by atoms with Gasteiger partial charge in [0.05, 0.1) is 0 Å². The van der Waals surface area contributed by atoms with Crippen LogP contribution >= 0.6 is 0 Å². The molecule has 3 aliphatic rings. The number of hydrogen-bond acceptors (Lipinski definition) is 2. The third kappa shape index (κ3) is 4.87. The summed E-state index contributed by atoms with van der Waals surface area (Å²) in [6.07, 6.45) is 15.2. The van der Waals surface area contributed by atoms with Gasteiger partial charge in [-0.15, -0.1) is 0 Å². The van der Waals surface area contributed by atoms with E-state index < -0.39 is 0 Å². The molecule has 4 heteroatoms. The minimum Gasteiger partial charge on any atom is -0.356 e. The molecule has 1 saturated heterocycles. The number of piperidine rings is 1. The van der Waals surface area contributed by atoms with Crippen molar-refractivity contribution in [3.63, 3.8) is 0 Å². The van der Waals surface area contributed by atoms with E-state index in [1.807, 2.05) is 7.05 Å². The minimum absolute atomic E-state index is 0.474. The van der Waals surface area contributed by atoms with Crippen LogP contribution in [-0.2, 0) is 0 Å². The molecule has 3 fully saturated rings. The molecule has 0 aromatic carbocycles. The fourth-order valence-electron chi connectivity index (χ4n) is 4.95. The molecule has 1 aliphatic heterocycles. The van der Waals surface area contributed by atoms with E-state index in [-0.39, 0.29) is 0 Å². The van der Waals surface area contributed by atoms with Crippen molar-refractivity contribution in [3.8, 4) is 0 Å². The molecule has 24 heavy (non-hydrogen) atoms. The van der Waals surface area contributed by atoms with E-state index in [9.17, 15) is 0 Å². The van der Waals surface area contributed by atoms with Gasteiger partial charge < -0.3 is 15.5 Å². The molecule has 0 aromatic rings. The van der Waals surface area contributed by atoms with Gasteiger partial charge in [-0.05, 0) is 43.9 Å². The summed E-state index contributed by atoms with van der Waals surface area (Å²) >= 11 is 0. The molecule has 3 rings (SSSR count). The van der Waals surface area contributed by atoms with Crippen molar-refractivity contribution >= 4 is 5.96 Å². The number of aliphatic imine (C=N–C) groups is 1. The van der Waals surface area contributed by atoms with Gasteiger partial charge in [0.25, 0.3) is 0 Å². The van der Waals surface area contributed by atoms with Crippen molar-refractivity contribution in [2.24, 2.45) is 10.4 Å². The Morgan fingerprint density at radius 2 is 1.67 bits per heavy atom. The molecule has 0 bridgehead atoms. The van der Waals surface area contributed by atoms with E-state index in [0.29, 0.717) is 11.5 Å². The van der Waals surface area contributed by atoms with Gasteiger partial charge in [0.1, 0.15) is 0 Å². The fourth-order valence-corrected chi connectivity index (χ4v) is 4.95. The number of hydrogen-bond donors (Lipinski definition) is 2. The van der Waals surface area contributed by atoms with Crippen molar-refractivity contribution in [2.45, 2.75) is 89.6 Å². The maximum absolute atomic E-state index is 4.46. The van der Waals surface area contributed by atoms with Crippen molar-refractivity contribution < 1.29 is 0 Å². The summed E-state index contributed by atoms with van der Waals surface area (Å²) in [5.74, 6) is 1.01. The monoisotopic (exact) mass is 334 g/mol. The van der Waals surface area contributed by atoms with Crippen LogP contribution < -0.4 is 10.6 Å². The van der Waals surface area contributed by atoms with Gasteiger partial charge in [0.15, 0.2) is 5.96 Å². The molecule has 0 radical (unpaired) electrons. The van der Waals surface area contributed by atoms with Gasteiger partial charge in [-0.1, -0.05) is 39.0 Å². The first kappa shape index (κ1) is 18.0. The summed E-state index contributed by atoms with van der Waals surface area (Å²) in [7, 11) is 1.91. The zero-order valence-corrected chi connectivity index (χ0v) is 15.9. The van der Waals surface area contributed by atoms with Crippen LogP contribution in [-0.4, -0.2) is 49.6 Å². The Kier molecular flexibility index (Phi) is 6.43. The highest BCUT2D eigenvalue weighted by Gasteiger charge is 2.29. The van der Waals surface area contributed by atoms with Crippen LogP contribution in [0.1, 0.15) is 77.6 Å². The third-order valence-corrected chi connectivity index (χ3v) is 6.68. The van der Waals surface area contributed by atoms with Crippen LogP contribution in [0.4, 0.5) is 0 Å². The number of nitrogens with zero attached hydrogens (tertiary/aromatic N) is 2. The van der Waals surface area contributed by atoms with Crippen LogP contribution in [0, 0.1) is 5.41 Å². The van der Waals surface area contributed by atoms with Crippen LogP contribution in [0.3, 0.4) is 0 Å². The van der Waals surface area contributed by atoms with Crippen LogP contribution in [0.25, 0.3) is 0 Å². The minimum atomic E-state index is 0.474. The van der Waals surface area contributed by atoms with Crippen molar-refractivity contribution in [1.82, 2.24) is 15.5 Å². The quantitative estimate of drug-likeness (QED) is 0.610. The lowest BCUT2D eigenvalue weighted by atomic mass is 9.89. The summed E-state index contributed by atoms with van der Waals surface area (Å²) in [4.78, 5) is 7.22. The van der Waals surface area contributed by atoms with E-state index in [2.05, 4.69) is 27.4 Å². The number of nitrogens with one attached hydrogen (secondary N) is 2. The van der Waals surface area contributed by atoms with E-state index in [0.717, 1.165) is 18.5 Å². The van der Waals surface area contributed by atoms with E-state index >= 15 is 0 Å². The molecular formula is C20H38N4. The highest BCUT2D eigenvalue weighted by atomic mass is 15.2. The van der Waals surface area contributed by atoms with E-state index in [4.69, 9.17) is 0 Å². The van der Waals surface area contributed by atoms with Crippen LogP contribution in [0.15, 0.2) is 4.99 Å². The zero-order chi connectivity index (χ0) is 16.8. The van der Waals surface area contributed by atoms with Crippen LogP contribution in [0.5, 0.6) is 0 Å². The summed E-state index contributed by atoms with van der Waals surface area (Å²) in [6, 6.07) is 1.46. The Bertz CT molecular complexity index is 400. The van der Waals surface area contributed by atoms with Gasteiger partial charge in [-0.2, -0.15) is 0 Å². The third-order valence-electron chi connectivity index (χ3n) is 6.68. The van der Waals surface area contributed by atoms with Crippen molar-refractivity contribution in [3.05, 3.63) is 0 Å². The number of likely N-dealkylation sites (tertiary alicyclic amines) is 1. The molecule has 0 amide bonds. The summed E-state index contributed by atoms with van der Waals surface area (Å²) in [6.45, 7) is 6.00. The first-order valence-corrected chi connectivity index (χ1v) is 10.4. The SMILES string of the molecule is CN=C(NCC1(C)CCCC1)NC1CCN(C2CCCCC2)CC1. The Morgan fingerprint density at radius 3 is 2.29 bits per heavy atom. The second-order valence-corrected chi connectivity index (χ2v) is 8.69. The van der Waals surface area contributed by atoms with Gasteiger partial charge in [0.2, 0.25) is 0 Å². The summed E-state index contributed by atoms with van der Waals surface area (Å²) in [5, 5.41) is 7.28. The second-order valence-electron chi connectivity index (χ2n) is 8.69. The lowest BCUT2D eigenvalue weighted by molar-refractivity contribution is 0.119. The molecular weight excluding hydrogens is 296 g/mol. The Balaban J connectivity index is 1.39. The standard InChI is InChI=1S/C20H38N4/c1-20(12-6-7-13-20)16-22-19(21-2)23-17-10-14-24(15-11-17)18-8-4-3-5-9-18/h17-18H,3-16H2,1-2H3,(H2,21,22,23). The smallest absolute Gasteiger partial charge is 0.191 e. The van der Waals surface area contributed by atoms with E-state index in [1.165, 1.54) is 83.7 Å². The molecule has 0 atom stereocenters. The second kappa shape index (κ2) is 8.55. The first-order chi connectivity index (χ1) is 11.7. The highest BCUT2D eigenvalue weighted by Crippen LogP contribution is 2.36. The van der Waals surface area contributed by atoms with Crippen LogP contribution in [0.2, 0.25) is 0 Å². The average Bonchev–Trinajstić information content (AvgIpc) is 3.07. The zero-order valence-electron chi connectivity index (χ0n) is 15.9. The van der Waals surface area contributed by atoms with Gasteiger partial charge >= 0.3 is 0 Å². The average molecular weight is 335 g/mol. The predicted octanol–water partition coefficient (Wildman–Crippen LogP) is 3.53. The molecule has 0 unspecified atom stereocenters. The Hall–Kier alpha value is -0.770. The van der Waals surface area contributed by atoms with E-state index in [1.54, 1.807) is 0 Å². The molecule has 2 saturated carbocycles. The number of guanidine groups is 1. The Labute approximate surface area is 148 Å². The van der Waals surface area contributed by atoms with Gasteiger partial charge in [-0.3, -0.25) is 4.99 Å². The molecule has 1 heterocycles. The highest BCUT2D eigenvalue weighted by molar-refractivity contribution is 5.80. The molecule has 0 aromatic heterocycles. The molecule has 4 nitrogen and oxygen atoms in total. The maximum atomic E-state index is 4.46.